The number of nitrogens with one attached hydrogen (secondary N) is 1. The standard InChI is InChI=1S/C12H25N3O2/c1-10-7-13-8-11(12(16)17)9-15(10)6-4-5-14(2)3/h10-11,13H,4-9H2,1-3H3,(H,16,17). The highest BCUT2D eigenvalue weighted by Gasteiger charge is 2.26. The Morgan fingerprint density at radius 2 is 2.18 bits per heavy atom. The molecule has 0 spiro atoms. The first-order valence-corrected chi connectivity index (χ1v) is 6.33. The van der Waals surface area contributed by atoms with E-state index in [4.69, 9.17) is 5.11 Å². The van der Waals surface area contributed by atoms with Crippen LogP contribution in [0.2, 0.25) is 0 Å². The zero-order valence-electron chi connectivity index (χ0n) is 11.1. The van der Waals surface area contributed by atoms with Gasteiger partial charge in [0.25, 0.3) is 0 Å². The lowest BCUT2D eigenvalue weighted by Gasteiger charge is -2.28. The van der Waals surface area contributed by atoms with E-state index in [0.29, 0.717) is 19.1 Å². The van der Waals surface area contributed by atoms with Crippen molar-refractivity contribution in [3.8, 4) is 0 Å². The highest BCUT2D eigenvalue weighted by atomic mass is 16.4. The van der Waals surface area contributed by atoms with E-state index in [2.05, 4.69) is 36.1 Å². The second kappa shape index (κ2) is 6.93. The fourth-order valence-electron chi connectivity index (χ4n) is 2.19. The Hall–Kier alpha value is -0.650. The average molecular weight is 243 g/mol. The maximum absolute atomic E-state index is 11.1. The molecule has 0 saturated carbocycles. The lowest BCUT2D eigenvalue weighted by atomic mass is 10.1. The van der Waals surface area contributed by atoms with E-state index in [1.807, 2.05) is 0 Å². The van der Waals surface area contributed by atoms with Gasteiger partial charge in [-0.25, -0.2) is 0 Å². The van der Waals surface area contributed by atoms with Crippen molar-refractivity contribution in [2.75, 3.05) is 46.8 Å². The van der Waals surface area contributed by atoms with Gasteiger partial charge in [0.2, 0.25) is 0 Å². The molecule has 0 bridgehead atoms. The zero-order chi connectivity index (χ0) is 12.8. The third-order valence-corrected chi connectivity index (χ3v) is 3.31. The molecule has 0 aliphatic carbocycles. The second-order valence-corrected chi connectivity index (χ2v) is 5.19. The molecule has 5 heteroatoms. The summed E-state index contributed by atoms with van der Waals surface area (Å²) in [5, 5.41) is 12.3. The van der Waals surface area contributed by atoms with Crippen molar-refractivity contribution < 1.29 is 9.90 Å². The Morgan fingerprint density at radius 1 is 1.47 bits per heavy atom. The van der Waals surface area contributed by atoms with Gasteiger partial charge in [0.05, 0.1) is 5.92 Å². The Labute approximate surface area is 104 Å². The SMILES string of the molecule is CC1CNCC(C(=O)O)CN1CCCN(C)C. The minimum absolute atomic E-state index is 0.278. The quantitative estimate of drug-likeness (QED) is 0.708. The summed E-state index contributed by atoms with van der Waals surface area (Å²) >= 11 is 0. The predicted molar refractivity (Wildman–Crippen MR) is 68.2 cm³/mol. The van der Waals surface area contributed by atoms with Crippen LogP contribution in [0.1, 0.15) is 13.3 Å². The van der Waals surface area contributed by atoms with Gasteiger partial charge in [-0.3, -0.25) is 9.69 Å². The van der Waals surface area contributed by atoms with Crippen LogP contribution in [0.4, 0.5) is 0 Å². The summed E-state index contributed by atoms with van der Waals surface area (Å²) < 4.78 is 0. The number of aliphatic carboxylic acids is 1. The molecule has 1 aliphatic rings. The van der Waals surface area contributed by atoms with Crippen LogP contribution in [0.25, 0.3) is 0 Å². The average Bonchev–Trinajstić information content (AvgIpc) is 2.41. The van der Waals surface area contributed by atoms with E-state index in [-0.39, 0.29) is 5.92 Å². The molecule has 1 rings (SSSR count). The Balaban J connectivity index is 2.45. The molecule has 2 N–H and O–H groups in total. The van der Waals surface area contributed by atoms with Gasteiger partial charge in [0, 0.05) is 25.7 Å². The number of nitrogens with zero attached hydrogens (tertiary/aromatic N) is 2. The number of carboxylic acids is 1. The first kappa shape index (κ1) is 14.4. The molecular weight excluding hydrogens is 218 g/mol. The molecule has 2 atom stereocenters. The van der Waals surface area contributed by atoms with Crippen LogP contribution < -0.4 is 5.32 Å². The van der Waals surface area contributed by atoms with Gasteiger partial charge < -0.3 is 15.3 Å². The van der Waals surface area contributed by atoms with E-state index < -0.39 is 5.97 Å². The summed E-state index contributed by atoms with van der Waals surface area (Å²) in [6.07, 6.45) is 1.09. The second-order valence-electron chi connectivity index (χ2n) is 5.19. The summed E-state index contributed by atoms with van der Waals surface area (Å²) in [5.74, 6) is -0.969. The molecule has 1 saturated heterocycles. The molecule has 1 aliphatic heterocycles. The van der Waals surface area contributed by atoms with E-state index in [1.165, 1.54) is 0 Å². The molecule has 0 aromatic heterocycles. The summed E-state index contributed by atoms with van der Waals surface area (Å²) in [4.78, 5) is 15.5. The Kier molecular flexibility index (Phi) is 5.88. The van der Waals surface area contributed by atoms with Crippen molar-refractivity contribution in [1.82, 2.24) is 15.1 Å². The summed E-state index contributed by atoms with van der Waals surface area (Å²) in [6, 6.07) is 0.418. The fraction of sp³-hybridized carbons (Fsp3) is 0.917. The highest BCUT2D eigenvalue weighted by Crippen LogP contribution is 2.10. The van der Waals surface area contributed by atoms with Gasteiger partial charge >= 0.3 is 5.97 Å². The first-order chi connectivity index (χ1) is 8.00. The summed E-state index contributed by atoms with van der Waals surface area (Å²) in [5.41, 5.74) is 0. The highest BCUT2D eigenvalue weighted by molar-refractivity contribution is 5.70. The van der Waals surface area contributed by atoms with E-state index in [0.717, 1.165) is 26.1 Å². The molecule has 100 valence electrons. The molecule has 0 amide bonds. The van der Waals surface area contributed by atoms with Gasteiger partial charge in [0.1, 0.15) is 0 Å². The summed E-state index contributed by atoms with van der Waals surface area (Å²) in [7, 11) is 4.13. The lowest BCUT2D eigenvalue weighted by molar-refractivity contribution is -0.142. The molecule has 2 unspecified atom stereocenters. The third kappa shape index (κ3) is 5.02. The maximum atomic E-state index is 11.1. The molecule has 1 heterocycles. The van der Waals surface area contributed by atoms with Crippen LogP contribution in [0.3, 0.4) is 0 Å². The van der Waals surface area contributed by atoms with Crippen molar-refractivity contribution >= 4 is 5.97 Å². The molecular formula is C12H25N3O2. The van der Waals surface area contributed by atoms with Gasteiger partial charge in [0.15, 0.2) is 0 Å². The van der Waals surface area contributed by atoms with Gasteiger partial charge in [-0.1, -0.05) is 0 Å². The molecule has 0 radical (unpaired) electrons. The van der Waals surface area contributed by atoms with Gasteiger partial charge in [-0.15, -0.1) is 0 Å². The van der Waals surface area contributed by atoms with Gasteiger partial charge in [-0.05, 0) is 40.5 Å². The minimum Gasteiger partial charge on any atom is -0.481 e. The summed E-state index contributed by atoms with van der Waals surface area (Å²) in [6.45, 7) is 6.32. The number of rotatable bonds is 5. The van der Waals surface area contributed by atoms with E-state index in [9.17, 15) is 4.79 Å². The van der Waals surface area contributed by atoms with Crippen LogP contribution in [0.5, 0.6) is 0 Å². The molecule has 0 aromatic rings. The molecule has 1 fully saturated rings. The number of carboxylic acid groups (broad SMARTS) is 1. The van der Waals surface area contributed by atoms with Crippen LogP contribution in [0, 0.1) is 5.92 Å². The van der Waals surface area contributed by atoms with Crippen LogP contribution in [-0.2, 0) is 4.79 Å². The van der Waals surface area contributed by atoms with Crippen LogP contribution >= 0.6 is 0 Å². The van der Waals surface area contributed by atoms with Crippen LogP contribution in [-0.4, -0.2) is 73.7 Å². The monoisotopic (exact) mass is 243 g/mol. The minimum atomic E-state index is -0.691. The lowest BCUT2D eigenvalue weighted by Crippen LogP contribution is -2.40. The number of hydrogen-bond acceptors (Lipinski definition) is 4. The fourth-order valence-corrected chi connectivity index (χ4v) is 2.19. The first-order valence-electron chi connectivity index (χ1n) is 6.33. The van der Waals surface area contributed by atoms with Crippen molar-refractivity contribution in [3.05, 3.63) is 0 Å². The van der Waals surface area contributed by atoms with Crippen molar-refractivity contribution in [2.45, 2.75) is 19.4 Å². The molecule has 0 aromatic carbocycles. The molecule has 17 heavy (non-hydrogen) atoms. The van der Waals surface area contributed by atoms with Gasteiger partial charge in [-0.2, -0.15) is 0 Å². The topological polar surface area (TPSA) is 55.8 Å². The smallest absolute Gasteiger partial charge is 0.309 e. The third-order valence-electron chi connectivity index (χ3n) is 3.31. The Bertz CT molecular complexity index is 246. The largest absolute Gasteiger partial charge is 0.481 e. The predicted octanol–water partition coefficient (Wildman–Crippen LogP) is -0.0674. The Morgan fingerprint density at radius 3 is 2.76 bits per heavy atom. The van der Waals surface area contributed by atoms with Crippen molar-refractivity contribution in [2.24, 2.45) is 5.92 Å². The number of carbonyl (C=O) groups is 1. The zero-order valence-corrected chi connectivity index (χ0v) is 11.1. The number of hydrogen-bond donors (Lipinski definition) is 2. The normalized spacial score (nSPS) is 27.1. The van der Waals surface area contributed by atoms with E-state index >= 15 is 0 Å². The maximum Gasteiger partial charge on any atom is 0.309 e. The molecule has 5 nitrogen and oxygen atoms in total. The van der Waals surface area contributed by atoms with Crippen molar-refractivity contribution in [3.63, 3.8) is 0 Å². The van der Waals surface area contributed by atoms with Crippen molar-refractivity contribution in [1.29, 1.82) is 0 Å². The van der Waals surface area contributed by atoms with Crippen LogP contribution in [0.15, 0.2) is 0 Å². The van der Waals surface area contributed by atoms with E-state index in [1.54, 1.807) is 0 Å².